The van der Waals surface area contributed by atoms with E-state index in [1.54, 1.807) is 0 Å². The fourth-order valence-electron chi connectivity index (χ4n) is 3.86. The fraction of sp³-hybridized carbons (Fsp3) is 0.941. The lowest BCUT2D eigenvalue weighted by Gasteiger charge is -2.55. The second kappa shape index (κ2) is 6.77. The standard InChI is InChI=1S/C17H27Br2ClO3/c1-10(21)22-14-9-12(18)15(2,3)23-17(14,5)11-6-7-16(4,20)13(19)8-11/h11-14H,6-9H2,1-5H3/t11-,12+,13-,14?,16-,17+/m0/s1. The van der Waals surface area contributed by atoms with Gasteiger partial charge in [-0.05, 0) is 52.9 Å². The summed E-state index contributed by atoms with van der Waals surface area (Å²) < 4.78 is 12.2. The van der Waals surface area contributed by atoms with Crippen LogP contribution in [0.2, 0.25) is 0 Å². The van der Waals surface area contributed by atoms with Crippen molar-refractivity contribution in [2.45, 2.75) is 92.1 Å². The van der Waals surface area contributed by atoms with Gasteiger partial charge in [-0.15, -0.1) is 11.6 Å². The summed E-state index contributed by atoms with van der Waals surface area (Å²) in [5.41, 5.74) is -0.812. The monoisotopic (exact) mass is 472 g/mol. The third-order valence-electron chi connectivity index (χ3n) is 5.54. The molecule has 1 saturated heterocycles. The molecule has 0 spiro atoms. The number of hydrogen-bond donors (Lipinski definition) is 0. The molecule has 0 aromatic rings. The lowest BCUT2D eigenvalue weighted by Crippen LogP contribution is -2.63. The molecule has 6 heteroatoms. The molecule has 134 valence electrons. The lowest BCUT2D eigenvalue weighted by atomic mass is 9.69. The van der Waals surface area contributed by atoms with Crippen LogP contribution in [-0.4, -0.2) is 37.8 Å². The van der Waals surface area contributed by atoms with E-state index in [9.17, 15) is 4.79 Å². The number of esters is 1. The molecule has 0 amide bonds. The van der Waals surface area contributed by atoms with Crippen LogP contribution in [0.4, 0.5) is 0 Å². The Morgan fingerprint density at radius 3 is 2.30 bits per heavy atom. The second-order valence-electron chi connectivity index (χ2n) is 7.91. The summed E-state index contributed by atoms with van der Waals surface area (Å²) in [5, 5.41) is 0. The van der Waals surface area contributed by atoms with Crippen LogP contribution in [0.3, 0.4) is 0 Å². The highest BCUT2D eigenvalue weighted by atomic mass is 79.9. The number of carbonyl (C=O) groups is 1. The zero-order valence-corrected chi connectivity index (χ0v) is 18.4. The van der Waals surface area contributed by atoms with E-state index in [1.165, 1.54) is 6.92 Å². The van der Waals surface area contributed by atoms with Crippen molar-refractivity contribution in [3.8, 4) is 0 Å². The van der Waals surface area contributed by atoms with Crippen molar-refractivity contribution in [3.63, 3.8) is 0 Å². The van der Waals surface area contributed by atoms with Crippen molar-refractivity contribution < 1.29 is 14.3 Å². The van der Waals surface area contributed by atoms with Crippen LogP contribution < -0.4 is 0 Å². The second-order valence-corrected chi connectivity index (χ2v) is 11.0. The van der Waals surface area contributed by atoms with Gasteiger partial charge in [-0.25, -0.2) is 0 Å². The molecule has 3 nitrogen and oxygen atoms in total. The van der Waals surface area contributed by atoms with E-state index < -0.39 is 5.60 Å². The van der Waals surface area contributed by atoms with Crippen LogP contribution >= 0.6 is 43.5 Å². The summed E-state index contributed by atoms with van der Waals surface area (Å²) in [6, 6.07) is 0. The maximum absolute atomic E-state index is 11.6. The maximum atomic E-state index is 11.6. The summed E-state index contributed by atoms with van der Waals surface area (Å²) in [6.45, 7) is 9.83. The molecule has 0 N–H and O–H groups in total. The Hall–Kier alpha value is 0.680. The van der Waals surface area contributed by atoms with Crippen molar-refractivity contribution in [2.24, 2.45) is 5.92 Å². The van der Waals surface area contributed by atoms with Crippen molar-refractivity contribution in [3.05, 3.63) is 0 Å². The zero-order chi connectivity index (χ0) is 17.6. The third kappa shape index (κ3) is 4.09. The Bertz CT molecular complexity index is 469. The number of alkyl halides is 3. The molecular formula is C17H27Br2ClO3. The zero-order valence-electron chi connectivity index (χ0n) is 14.5. The Balaban J connectivity index is 2.28. The van der Waals surface area contributed by atoms with Gasteiger partial charge in [0, 0.05) is 23.0 Å². The summed E-state index contributed by atoms with van der Waals surface area (Å²) in [5.74, 6) is 0.0416. The summed E-state index contributed by atoms with van der Waals surface area (Å²) in [4.78, 5) is 11.7. The van der Waals surface area contributed by atoms with E-state index in [2.05, 4.69) is 59.6 Å². The Morgan fingerprint density at radius 2 is 1.78 bits per heavy atom. The normalized spacial score (nSPS) is 47.1. The topological polar surface area (TPSA) is 35.5 Å². The number of carbonyl (C=O) groups excluding carboxylic acids is 1. The third-order valence-corrected chi connectivity index (χ3v) is 9.12. The van der Waals surface area contributed by atoms with Gasteiger partial charge in [-0.1, -0.05) is 31.9 Å². The number of halogens is 3. The van der Waals surface area contributed by atoms with Gasteiger partial charge in [0.15, 0.2) is 0 Å². The van der Waals surface area contributed by atoms with Crippen molar-refractivity contribution in [2.75, 3.05) is 0 Å². The molecule has 2 aliphatic rings. The summed E-state index contributed by atoms with van der Waals surface area (Å²) in [6.07, 6.45) is 3.31. The van der Waals surface area contributed by atoms with Crippen LogP contribution in [0.15, 0.2) is 0 Å². The molecule has 0 aromatic carbocycles. The molecule has 6 atom stereocenters. The van der Waals surface area contributed by atoms with Crippen molar-refractivity contribution in [1.29, 1.82) is 0 Å². The highest BCUT2D eigenvalue weighted by Gasteiger charge is 2.56. The summed E-state index contributed by atoms with van der Waals surface area (Å²) >= 11 is 14.0. The SMILES string of the molecule is CC(=O)OC1C[C@@H](Br)C(C)(C)O[C@]1(C)[C@H]1CC[C@](C)(Cl)[C@@H](Br)C1. The highest BCUT2D eigenvalue weighted by molar-refractivity contribution is 9.09. The first-order chi connectivity index (χ1) is 10.4. The smallest absolute Gasteiger partial charge is 0.303 e. The van der Waals surface area contributed by atoms with Gasteiger partial charge in [-0.2, -0.15) is 0 Å². The Morgan fingerprint density at radius 1 is 1.17 bits per heavy atom. The molecule has 1 aliphatic carbocycles. The quantitative estimate of drug-likeness (QED) is 0.408. The van der Waals surface area contributed by atoms with E-state index >= 15 is 0 Å². The molecule has 23 heavy (non-hydrogen) atoms. The van der Waals surface area contributed by atoms with Gasteiger partial charge in [0.2, 0.25) is 0 Å². The minimum atomic E-state index is -0.501. The predicted molar refractivity (Wildman–Crippen MR) is 101 cm³/mol. The molecule has 1 saturated carbocycles. The Labute approximate surface area is 161 Å². The highest BCUT2D eigenvalue weighted by Crippen LogP contribution is 2.51. The van der Waals surface area contributed by atoms with E-state index in [4.69, 9.17) is 21.1 Å². The van der Waals surface area contributed by atoms with E-state index in [-0.39, 0.29) is 32.2 Å². The van der Waals surface area contributed by atoms with Crippen molar-refractivity contribution >= 4 is 49.4 Å². The van der Waals surface area contributed by atoms with Gasteiger partial charge in [-0.3, -0.25) is 4.79 Å². The minimum absolute atomic E-state index is 0.147. The van der Waals surface area contributed by atoms with Crippen LogP contribution in [-0.2, 0) is 14.3 Å². The molecule has 2 fully saturated rings. The maximum Gasteiger partial charge on any atom is 0.303 e. The van der Waals surface area contributed by atoms with Crippen LogP contribution in [0.5, 0.6) is 0 Å². The molecular weight excluding hydrogens is 447 g/mol. The number of hydrogen-bond acceptors (Lipinski definition) is 3. The first kappa shape index (κ1) is 20.0. The first-order valence-corrected chi connectivity index (χ1v) is 10.4. The van der Waals surface area contributed by atoms with Gasteiger partial charge in [0.25, 0.3) is 0 Å². The molecule has 0 aromatic heterocycles. The lowest BCUT2D eigenvalue weighted by molar-refractivity contribution is -0.246. The van der Waals surface area contributed by atoms with Crippen LogP contribution in [0.25, 0.3) is 0 Å². The average Bonchev–Trinajstić information content (AvgIpc) is 2.38. The predicted octanol–water partition coefficient (Wildman–Crippen LogP) is 5.20. The number of ether oxygens (including phenoxy) is 2. The van der Waals surface area contributed by atoms with Gasteiger partial charge in [0.1, 0.15) is 11.7 Å². The molecule has 2 rings (SSSR count). The van der Waals surface area contributed by atoms with E-state index in [0.29, 0.717) is 5.92 Å². The molecule has 1 heterocycles. The molecule has 0 radical (unpaired) electrons. The fourth-order valence-corrected chi connectivity index (χ4v) is 5.17. The van der Waals surface area contributed by atoms with Crippen LogP contribution in [0, 0.1) is 5.92 Å². The first-order valence-electron chi connectivity index (χ1n) is 8.23. The van der Waals surface area contributed by atoms with Gasteiger partial charge >= 0.3 is 5.97 Å². The molecule has 1 aliphatic heterocycles. The summed E-state index contributed by atoms with van der Waals surface area (Å²) in [7, 11) is 0. The van der Waals surface area contributed by atoms with E-state index in [0.717, 1.165) is 25.7 Å². The van der Waals surface area contributed by atoms with E-state index in [1.807, 2.05) is 0 Å². The van der Waals surface area contributed by atoms with Gasteiger partial charge in [0.05, 0.1) is 10.5 Å². The van der Waals surface area contributed by atoms with Gasteiger partial charge < -0.3 is 9.47 Å². The molecule has 0 bridgehead atoms. The van der Waals surface area contributed by atoms with Crippen molar-refractivity contribution in [1.82, 2.24) is 0 Å². The minimum Gasteiger partial charge on any atom is -0.459 e. The largest absolute Gasteiger partial charge is 0.459 e. The van der Waals surface area contributed by atoms with Crippen LogP contribution in [0.1, 0.15) is 60.3 Å². The Kier molecular flexibility index (Phi) is 5.89. The number of rotatable bonds is 2. The molecule has 1 unspecified atom stereocenters. The average molecular weight is 475 g/mol.